The number of nitrogens with zero attached hydrogens (tertiary/aromatic N) is 4. The number of aromatic nitrogens is 2. The number of carboxylic acid groups (broad SMARTS) is 1. The summed E-state index contributed by atoms with van der Waals surface area (Å²) in [5.41, 5.74) is 1.91. The second-order valence-electron chi connectivity index (χ2n) is 4.75. The largest absolute Gasteiger partial charge is 0.465 e. The van der Waals surface area contributed by atoms with Gasteiger partial charge in [0.1, 0.15) is 11.5 Å². The van der Waals surface area contributed by atoms with Crippen molar-refractivity contribution in [3.05, 3.63) is 30.1 Å². The number of hydrogen-bond acceptors (Lipinski definition) is 3. The first-order valence-corrected chi connectivity index (χ1v) is 6.33. The molecule has 2 aromatic heterocycles. The molecule has 0 spiro atoms. The molecule has 0 unspecified atom stereocenters. The third-order valence-corrected chi connectivity index (χ3v) is 3.47. The van der Waals surface area contributed by atoms with Crippen LogP contribution in [0, 0.1) is 6.92 Å². The molecule has 0 atom stereocenters. The Morgan fingerprint density at radius 2 is 2.00 bits per heavy atom. The number of pyridine rings is 1. The van der Waals surface area contributed by atoms with Gasteiger partial charge in [-0.15, -0.1) is 0 Å². The van der Waals surface area contributed by atoms with E-state index in [0.29, 0.717) is 26.2 Å². The van der Waals surface area contributed by atoms with Crippen LogP contribution < -0.4 is 4.90 Å². The summed E-state index contributed by atoms with van der Waals surface area (Å²) in [4.78, 5) is 19.0. The van der Waals surface area contributed by atoms with Gasteiger partial charge < -0.3 is 14.9 Å². The molecule has 0 radical (unpaired) electrons. The Morgan fingerprint density at radius 3 is 2.68 bits per heavy atom. The Hall–Kier alpha value is -2.24. The minimum atomic E-state index is -0.837. The van der Waals surface area contributed by atoms with Crippen molar-refractivity contribution in [3.63, 3.8) is 0 Å². The highest BCUT2D eigenvalue weighted by molar-refractivity contribution is 5.65. The molecular formula is C13H16N4O2. The number of imidazole rings is 1. The van der Waals surface area contributed by atoms with Gasteiger partial charge in [0.15, 0.2) is 0 Å². The number of rotatable bonds is 1. The number of fused-ring (bicyclic) bond motifs is 1. The Kier molecular flexibility index (Phi) is 2.77. The molecule has 1 aliphatic heterocycles. The molecular weight excluding hydrogens is 244 g/mol. The first kappa shape index (κ1) is 11.8. The molecule has 0 aromatic carbocycles. The summed E-state index contributed by atoms with van der Waals surface area (Å²) in [6.07, 6.45) is 1.17. The summed E-state index contributed by atoms with van der Waals surface area (Å²) in [6, 6.07) is 6.01. The second-order valence-corrected chi connectivity index (χ2v) is 4.75. The predicted octanol–water partition coefficient (Wildman–Crippen LogP) is 1.44. The SMILES string of the molecule is Cc1cn2c(N3CCN(C(=O)O)CC3)cccc2n1. The molecule has 0 aliphatic carbocycles. The molecule has 3 heterocycles. The van der Waals surface area contributed by atoms with E-state index in [1.165, 1.54) is 4.90 Å². The van der Waals surface area contributed by atoms with Gasteiger partial charge in [0, 0.05) is 32.4 Å². The summed E-state index contributed by atoms with van der Waals surface area (Å²) in [5.74, 6) is 1.07. The van der Waals surface area contributed by atoms with Gasteiger partial charge in [-0.05, 0) is 19.1 Å². The van der Waals surface area contributed by atoms with Gasteiger partial charge >= 0.3 is 6.09 Å². The van der Waals surface area contributed by atoms with Gasteiger partial charge in [0.2, 0.25) is 0 Å². The van der Waals surface area contributed by atoms with Crippen molar-refractivity contribution < 1.29 is 9.90 Å². The molecule has 0 bridgehead atoms. The van der Waals surface area contributed by atoms with E-state index in [1.807, 2.05) is 31.3 Å². The Balaban J connectivity index is 1.87. The first-order valence-electron chi connectivity index (χ1n) is 6.33. The Labute approximate surface area is 110 Å². The lowest BCUT2D eigenvalue weighted by molar-refractivity contribution is 0.142. The summed E-state index contributed by atoms with van der Waals surface area (Å²) in [6.45, 7) is 4.48. The Bertz CT molecular complexity index is 614. The highest BCUT2D eigenvalue weighted by Gasteiger charge is 2.21. The molecule has 100 valence electrons. The zero-order chi connectivity index (χ0) is 13.4. The lowest BCUT2D eigenvalue weighted by atomic mass is 10.3. The minimum Gasteiger partial charge on any atom is -0.465 e. The standard InChI is InChI=1S/C13H16N4O2/c1-10-9-17-11(14-10)3-2-4-12(17)15-5-7-16(8-6-15)13(18)19/h2-4,9H,5-8H2,1H3,(H,18,19). The molecule has 1 saturated heterocycles. The monoisotopic (exact) mass is 260 g/mol. The zero-order valence-corrected chi connectivity index (χ0v) is 10.8. The van der Waals surface area contributed by atoms with Crippen LogP contribution >= 0.6 is 0 Å². The van der Waals surface area contributed by atoms with E-state index in [-0.39, 0.29) is 0 Å². The molecule has 6 nitrogen and oxygen atoms in total. The third-order valence-electron chi connectivity index (χ3n) is 3.47. The lowest BCUT2D eigenvalue weighted by Gasteiger charge is -2.34. The number of aryl methyl sites for hydroxylation is 1. The van der Waals surface area contributed by atoms with Crippen molar-refractivity contribution in [2.24, 2.45) is 0 Å². The fourth-order valence-electron chi connectivity index (χ4n) is 2.50. The average molecular weight is 260 g/mol. The maximum atomic E-state index is 10.9. The number of amides is 1. The van der Waals surface area contributed by atoms with Crippen LogP contribution in [0.2, 0.25) is 0 Å². The average Bonchev–Trinajstić information content (AvgIpc) is 2.78. The summed E-state index contributed by atoms with van der Waals surface area (Å²) < 4.78 is 2.06. The summed E-state index contributed by atoms with van der Waals surface area (Å²) >= 11 is 0. The quantitative estimate of drug-likeness (QED) is 0.843. The van der Waals surface area contributed by atoms with Gasteiger partial charge in [-0.3, -0.25) is 4.40 Å². The predicted molar refractivity (Wildman–Crippen MR) is 71.7 cm³/mol. The molecule has 1 N–H and O–H groups in total. The lowest BCUT2D eigenvalue weighted by Crippen LogP contribution is -2.48. The van der Waals surface area contributed by atoms with Gasteiger partial charge in [-0.2, -0.15) is 0 Å². The van der Waals surface area contributed by atoms with E-state index in [0.717, 1.165) is 17.2 Å². The number of piperazine rings is 1. The fraction of sp³-hybridized carbons (Fsp3) is 0.385. The molecule has 1 aliphatic rings. The van der Waals surface area contributed by atoms with Gasteiger partial charge in [0.25, 0.3) is 0 Å². The van der Waals surface area contributed by atoms with E-state index in [1.54, 1.807) is 0 Å². The van der Waals surface area contributed by atoms with Crippen molar-refractivity contribution >= 4 is 17.6 Å². The van der Waals surface area contributed by atoms with Gasteiger partial charge in [-0.1, -0.05) is 6.07 Å². The van der Waals surface area contributed by atoms with E-state index < -0.39 is 6.09 Å². The van der Waals surface area contributed by atoms with Crippen LogP contribution in [-0.4, -0.2) is 51.7 Å². The number of carbonyl (C=O) groups is 1. The molecule has 19 heavy (non-hydrogen) atoms. The zero-order valence-electron chi connectivity index (χ0n) is 10.8. The molecule has 0 saturated carbocycles. The maximum Gasteiger partial charge on any atom is 0.407 e. The van der Waals surface area contributed by atoms with Crippen LogP contribution in [0.4, 0.5) is 10.6 Å². The first-order chi connectivity index (χ1) is 9.15. The van der Waals surface area contributed by atoms with E-state index in [9.17, 15) is 4.79 Å². The summed E-state index contributed by atoms with van der Waals surface area (Å²) in [7, 11) is 0. The van der Waals surface area contributed by atoms with E-state index in [2.05, 4.69) is 14.3 Å². The van der Waals surface area contributed by atoms with E-state index in [4.69, 9.17) is 5.11 Å². The molecule has 2 aromatic rings. The van der Waals surface area contributed by atoms with Gasteiger partial charge in [0.05, 0.1) is 5.69 Å². The molecule has 3 rings (SSSR count). The van der Waals surface area contributed by atoms with Crippen molar-refractivity contribution in [2.45, 2.75) is 6.92 Å². The fourth-order valence-corrected chi connectivity index (χ4v) is 2.50. The topological polar surface area (TPSA) is 61.1 Å². The van der Waals surface area contributed by atoms with Crippen LogP contribution in [0.5, 0.6) is 0 Å². The third kappa shape index (κ3) is 2.09. The highest BCUT2D eigenvalue weighted by atomic mass is 16.4. The van der Waals surface area contributed by atoms with Crippen LogP contribution in [-0.2, 0) is 0 Å². The maximum absolute atomic E-state index is 10.9. The normalized spacial score (nSPS) is 16.1. The number of anilines is 1. The molecule has 1 fully saturated rings. The Morgan fingerprint density at radius 1 is 1.26 bits per heavy atom. The van der Waals surface area contributed by atoms with Crippen LogP contribution in [0.3, 0.4) is 0 Å². The van der Waals surface area contributed by atoms with Crippen LogP contribution in [0.1, 0.15) is 5.69 Å². The van der Waals surface area contributed by atoms with Crippen molar-refractivity contribution in [1.29, 1.82) is 0 Å². The summed E-state index contributed by atoms with van der Waals surface area (Å²) in [5, 5.41) is 8.96. The molecule has 6 heteroatoms. The smallest absolute Gasteiger partial charge is 0.407 e. The van der Waals surface area contributed by atoms with Crippen LogP contribution in [0.15, 0.2) is 24.4 Å². The number of hydrogen-bond donors (Lipinski definition) is 1. The van der Waals surface area contributed by atoms with E-state index >= 15 is 0 Å². The van der Waals surface area contributed by atoms with Gasteiger partial charge in [-0.25, -0.2) is 9.78 Å². The van der Waals surface area contributed by atoms with Crippen LogP contribution in [0.25, 0.3) is 5.65 Å². The highest BCUT2D eigenvalue weighted by Crippen LogP contribution is 2.19. The van der Waals surface area contributed by atoms with Crippen molar-refractivity contribution in [2.75, 3.05) is 31.1 Å². The van der Waals surface area contributed by atoms with Crippen molar-refractivity contribution in [1.82, 2.24) is 14.3 Å². The second kappa shape index (κ2) is 4.46. The minimum absolute atomic E-state index is 0.541. The van der Waals surface area contributed by atoms with Crippen molar-refractivity contribution in [3.8, 4) is 0 Å². The molecule has 1 amide bonds.